The minimum absolute atomic E-state index is 0.0623. The van der Waals surface area contributed by atoms with Crippen molar-refractivity contribution in [1.29, 1.82) is 0 Å². The van der Waals surface area contributed by atoms with Crippen LogP contribution in [0.3, 0.4) is 0 Å². The summed E-state index contributed by atoms with van der Waals surface area (Å²) in [6.45, 7) is 3.11. The third kappa shape index (κ3) is 2.70. The minimum Gasteiger partial charge on any atom is -0.381 e. The molecule has 136 valence electrons. The Bertz CT molecular complexity index is 1010. The molecule has 3 aromatic heterocycles. The SMILES string of the molecule is COC1CCN(C(=O)c2cnn(-c3nn4cccc4c(=O)[nH]3)c2C)CC1. The van der Waals surface area contributed by atoms with Gasteiger partial charge in [-0.05, 0) is 31.9 Å². The number of piperidine rings is 1. The van der Waals surface area contributed by atoms with Crippen LogP contribution in [0.1, 0.15) is 28.9 Å². The van der Waals surface area contributed by atoms with E-state index in [-0.39, 0.29) is 23.5 Å². The van der Waals surface area contributed by atoms with Gasteiger partial charge in [0.15, 0.2) is 0 Å². The number of ether oxygens (including phenoxy) is 1. The van der Waals surface area contributed by atoms with E-state index in [0.29, 0.717) is 29.9 Å². The lowest BCUT2D eigenvalue weighted by atomic mass is 10.1. The lowest BCUT2D eigenvalue weighted by molar-refractivity contribution is 0.0350. The number of rotatable bonds is 3. The fraction of sp³-hybridized carbons (Fsp3) is 0.412. The van der Waals surface area contributed by atoms with E-state index in [0.717, 1.165) is 12.8 Å². The Hall–Kier alpha value is -2.94. The summed E-state index contributed by atoms with van der Waals surface area (Å²) in [5.74, 6) is 0.209. The van der Waals surface area contributed by atoms with E-state index in [2.05, 4.69) is 15.2 Å². The second-order valence-corrected chi connectivity index (χ2v) is 6.40. The van der Waals surface area contributed by atoms with Crippen LogP contribution in [0.4, 0.5) is 0 Å². The molecule has 0 bridgehead atoms. The second-order valence-electron chi connectivity index (χ2n) is 6.40. The molecule has 1 fully saturated rings. The number of hydrogen-bond donors (Lipinski definition) is 1. The quantitative estimate of drug-likeness (QED) is 0.747. The predicted octanol–water partition coefficient (Wildman–Crippen LogP) is 0.768. The van der Waals surface area contributed by atoms with Gasteiger partial charge in [0.05, 0.1) is 23.6 Å². The summed E-state index contributed by atoms with van der Waals surface area (Å²) >= 11 is 0. The van der Waals surface area contributed by atoms with Crippen LogP contribution < -0.4 is 5.56 Å². The Morgan fingerprint density at radius 2 is 2.12 bits per heavy atom. The molecule has 4 rings (SSSR count). The van der Waals surface area contributed by atoms with Crippen LogP contribution >= 0.6 is 0 Å². The summed E-state index contributed by atoms with van der Waals surface area (Å²) in [7, 11) is 1.70. The third-order valence-electron chi connectivity index (χ3n) is 4.89. The number of aromatic nitrogens is 5. The molecule has 0 saturated carbocycles. The van der Waals surface area contributed by atoms with Gasteiger partial charge in [-0.25, -0.2) is 9.20 Å². The van der Waals surface area contributed by atoms with Crippen LogP contribution in [0.25, 0.3) is 11.5 Å². The highest BCUT2D eigenvalue weighted by molar-refractivity contribution is 5.95. The van der Waals surface area contributed by atoms with Crippen LogP contribution in [0.2, 0.25) is 0 Å². The number of nitrogens with one attached hydrogen (secondary N) is 1. The van der Waals surface area contributed by atoms with Crippen LogP contribution in [0, 0.1) is 6.92 Å². The van der Waals surface area contributed by atoms with E-state index in [1.54, 1.807) is 32.4 Å². The Balaban J connectivity index is 1.63. The first-order valence-electron chi connectivity index (χ1n) is 8.53. The van der Waals surface area contributed by atoms with Gasteiger partial charge in [0.25, 0.3) is 11.5 Å². The molecule has 0 spiro atoms. The summed E-state index contributed by atoms with van der Waals surface area (Å²) in [6, 6.07) is 3.43. The molecule has 0 aromatic carbocycles. The van der Waals surface area contributed by atoms with E-state index in [9.17, 15) is 9.59 Å². The molecule has 0 aliphatic carbocycles. The van der Waals surface area contributed by atoms with Crippen LogP contribution in [0.15, 0.2) is 29.3 Å². The Kier molecular flexibility index (Phi) is 4.08. The summed E-state index contributed by atoms with van der Waals surface area (Å²) in [6.07, 6.45) is 5.09. The van der Waals surface area contributed by atoms with Crippen molar-refractivity contribution in [2.24, 2.45) is 0 Å². The highest BCUT2D eigenvalue weighted by Crippen LogP contribution is 2.18. The van der Waals surface area contributed by atoms with Gasteiger partial charge in [0, 0.05) is 26.4 Å². The molecule has 3 aromatic rings. The summed E-state index contributed by atoms with van der Waals surface area (Å²) in [4.78, 5) is 29.5. The van der Waals surface area contributed by atoms with E-state index in [4.69, 9.17) is 4.74 Å². The first kappa shape index (κ1) is 16.5. The van der Waals surface area contributed by atoms with Crippen LogP contribution in [0.5, 0.6) is 0 Å². The van der Waals surface area contributed by atoms with E-state index in [1.807, 2.05) is 4.90 Å². The number of H-pyrrole nitrogens is 1. The second kappa shape index (κ2) is 6.41. The number of carbonyl (C=O) groups excluding carboxylic acids is 1. The first-order valence-corrected chi connectivity index (χ1v) is 8.53. The largest absolute Gasteiger partial charge is 0.381 e. The molecular weight excluding hydrogens is 336 g/mol. The fourth-order valence-electron chi connectivity index (χ4n) is 3.33. The summed E-state index contributed by atoms with van der Waals surface area (Å²) < 4.78 is 8.33. The third-order valence-corrected chi connectivity index (χ3v) is 4.89. The molecule has 9 nitrogen and oxygen atoms in total. The molecule has 1 aliphatic rings. The molecule has 1 aliphatic heterocycles. The lowest BCUT2D eigenvalue weighted by Crippen LogP contribution is -2.40. The van der Waals surface area contributed by atoms with Crippen LogP contribution in [-0.2, 0) is 4.74 Å². The number of nitrogens with zero attached hydrogens (tertiary/aromatic N) is 5. The zero-order valence-corrected chi connectivity index (χ0v) is 14.7. The number of aromatic amines is 1. The highest BCUT2D eigenvalue weighted by atomic mass is 16.5. The molecular formula is C17H20N6O3. The lowest BCUT2D eigenvalue weighted by Gasteiger charge is -2.31. The number of hydrogen-bond acceptors (Lipinski definition) is 5. The maximum Gasteiger partial charge on any atom is 0.276 e. The predicted molar refractivity (Wildman–Crippen MR) is 93.6 cm³/mol. The summed E-state index contributed by atoms with van der Waals surface area (Å²) in [5.41, 5.74) is 1.34. The van der Waals surface area contributed by atoms with Crippen molar-refractivity contribution in [2.75, 3.05) is 20.2 Å². The van der Waals surface area contributed by atoms with Crippen molar-refractivity contribution in [3.8, 4) is 5.95 Å². The molecule has 0 radical (unpaired) electrons. The number of amides is 1. The van der Waals surface area contributed by atoms with Gasteiger partial charge < -0.3 is 9.64 Å². The molecule has 4 heterocycles. The average molecular weight is 356 g/mol. The smallest absolute Gasteiger partial charge is 0.276 e. The monoisotopic (exact) mass is 356 g/mol. The zero-order valence-electron chi connectivity index (χ0n) is 14.7. The van der Waals surface area contributed by atoms with Gasteiger partial charge in [-0.3, -0.25) is 14.6 Å². The van der Waals surface area contributed by atoms with E-state index >= 15 is 0 Å². The molecule has 9 heteroatoms. The Labute approximate surface area is 149 Å². The number of fused-ring (bicyclic) bond motifs is 1. The van der Waals surface area contributed by atoms with Gasteiger partial charge in [-0.2, -0.15) is 5.10 Å². The summed E-state index contributed by atoms with van der Waals surface area (Å²) in [5, 5.41) is 8.62. The standard InChI is InChI=1S/C17H20N6O3/c1-11-13(16(25)21-8-5-12(26-2)6-9-21)10-18-23(11)17-19-15(24)14-4-3-7-22(14)20-17/h3-4,7,10,12H,5-6,8-9H2,1-2H3,(H,19,20,24). The van der Waals surface area contributed by atoms with Crippen molar-refractivity contribution in [3.63, 3.8) is 0 Å². The average Bonchev–Trinajstić information content (AvgIpc) is 3.28. The molecule has 1 saturated heterocycles. The van der Waals surface area contributed by atoms with Gasteiger partial charge in [-0.15, -0.1) is 5.10 Å². The Morgan fingerprint density at radius 1 is 1.35 bits per heavy atom. The highest BCUT2D eigenvalue weighted by Gasteiger charge is 2.26. The van der Waals surface area contributed by atoms with Crippen LogP contribution in [-0.4, -0.2) is 61.5 Å². The molecule has 1 N–H and O–H groups in total. The normalized spacial score (nSPS) is 15.7. The number of likely N-dealkylation sites (tertiary alicyclic amines) is 1. The molecule has 26 heavy (non-hydrogen) atoms. The fourth-order valence-corrected chi connectivity index (χ4v) is 3.33. The van der Waals surface area contributed by atoms with Crippen molar-refractivity contribution in [1.82, 2.24) is 29.3 Å². The van der Waals surface area contributed by atoms with Gasteiger partial charge >= 0.3 is 0 Å². The number of methoxy groups -OCH3 is 1. The number of carbonyl (C=O) groups is 1. The van der Waals surface area contributed by atoms with Crippen molar-refractivity contribution >= 4 is 11.4 Å². The maximum absolute atomic E-state index is 12.8. The minimum atomic E-state index is -0.260. The molecule has 0 atom stereocenters. The van der Waals surface area contributed by atoms with E-state index < -0.39 is 0 Å². The zero-order chi connectivity index (χ0) is 18.3. The van der Waals surface area contributed by atoms with Gasteiger partial charge in [-0.1, -0.05) is 0 Å². The molecule has 1 amide bonds. The Morgan fingerprint density at radius 3 is 2.85 bits per heavy atom. The van der Waals surface area contributed by atoms with Crippen molar-refractivity contribution in [3.05, 3.63) is 46.1 Å². The molecule has 0 unspecified atom stereocenters. The maximum atomic E-state index is 12.8. The first-order chi connectivity index (χ1) is 12.6. The van der Waals surface area contributed by atoms with E-state index in [1.165, 1.54) is 15.4 Å². The van der Waals surface area contributed by atoms with Gasteiger partial charge in [0.2, 0.25) is 5.95 Å². The topological polar surface area (TPSA) is 97.5 Å². The van der Waals surface area contributed by atoms with Crippen molar-refractivity contribution < 1.29 is 9.53 Å². The van der Waals surface area contributed by atoms with Crippen molar-refractivity contribution in [2.45, 2.75) is 25.9 Å². The van der Waals surface area contributed by atoms with Gasteiger partial charge in [0.1, 0.15) is 5.52 Å².